The molecule has 0 unspecified atom stereocenters. The predicted molar refractivity (Wildman–Crippen MR) is 74.9 cm³/mol. The number of hydrogen-bond acceptors (Lipinski definition) is 4. The van der Waals surface area contributed by atoms with Gasteiger partial charge in [0.25, 0.3) is 0 Å². The van der Waals surface area contributed by atoms with Crippen molar-refractivity contribution in [3.63, 3.8) is 0 Å². The van der Waals surface area contributed by atoms with Crippen molar-refractivity contribution < 1.29 is 9.59 Å². The smallest absolute Gasteiger partial charge is 0.168 e. The monoisotopic (exact) mass is 286 g/mol. The highest BCUT2D eigenvalue weighted by molar-refractivity contribution is 6.34. The molecule has 0 saturated heterocycles. The molecule has 1 aliphatic carbocycles. The number of carbonyl (C=O) groups is 2. The van der Waals surface area contributed by atoms with Crippen LogP contribution >= 0.6 is 11.6 Å². The Morgan fingerprint density at radius 2 is 2.05 bits per heavy atom. The third kappa shape index (κ3) is 2.47. The number of nitrogens with zero attached hydrogens (tertiary/aromatic N) is 2. The summed E-state index contributed by atoms with van der Waals surface area (Å²) in [5.41, 5.74) is 2.23. The molecule has 4 nitrogen and oxygen atoms in total. The number of Topliss-reactive ketones (excluding diaryl/α,β-unsaturated/α-hetero) is 1. The Labute approximate surface area is 120 Å². The minimum Gasteiger partial charge on any atom is -0.296 e. The summed E-state index contributed by atoms with van der Waals surface area (Å²) in [5.74, 6) is 0.247. The molecular weight excluding hydrogens is 276 g/mol. The zero-order chi connectivity index (χ0) is 14.1. The molecule has 1 aromatic heterocycles. The van der Waals surface area contributed by atoms with Crippen molar-refractivity contribution in [2.45, 2.75) is 12.8 Å². The molecule has 0 radical (unpaired) electrons. The molecule has 0 aliphatic heterocycles. The summed E-state index contributed by atoms with van der Waals surface area (Å²) < 4.78 is 0. The molecule has 1 aliphatic rings. The first-order valence-electron chi connectivity index (χ1n) is 6.30. The Morgan fingerprint density at radius 3 is 2.70 bits per heavy atom. The van der Waals surface area contributed by atoms with E-state index in [1.807, 2.05) is 0 Å². The Hall–Kier alpha value is -2.07. The lowest BCUT2D eigenvalue weighted by molar-refractivity contribution is 0.0967. The lowest BCUT2D eigenvalue weighted by Gasteiger charge is -2.06. The van der Waals surface area contributed by atoms with E-state index in [0.29, 0.717) is 28.3 Å². The van der Waals surface area contributed by atoms with Gasteiger partial charge in [0.2, 0.25) is 0 Å². The van der Waals surface area contributed by atoms with Gasteiger partial charge in [0.15, 0.2) is 12.1 Å². The molecule has 1 saturated carbocycles. The van der Waals surface area contributed by atoms with Gasteiger partial charge in [-0.15, -0.1) is 0 Å². The fourth-order valence-electron chi connectivity index (χ4n) is 2.03. The quantitative estimate of drug-likeness (QED) is 0.640. The van der Waals surface area contributed by atoms with E-state index in [4.69, 9.17) is 11.6 Å². The van der Waals surface area contributed by atoms with Gasteiger partial charge in [-0.1, -0.05) is 17.7 Å². The average Bonchev–Trinajstić information content (AvgIpc) is 3.31. The van der Waals surface area contributed by atoms with Gasteiger partial charge in [0.05, 0.1) is 10.7 Å². The molecule has 1 aromatic carbocycles. The summed E-state index contributed by atoms with van der Waals surface area (Å²) in [6, 6.07) is 6.80. The maximum atomic E-state index is 12.0. The second-order valence-electron chi connectivity index (χ2n) is 4.78. The number of hydrogen-bond donors (Lipinski definition) is 0. The number of carbonyl (C=O) groups excluding carboxylic acids is 2. The topological polar surface area (TPSA) is 59.9 Å². The van der Waals surface area contributed by atoms with Crippen LogP contribution in [0.3, 0.4) is 0 Å². The molecule has 0 spiro atoms. The Kier molecular flexibility index (Phi) is 3.32. The Balaban J connectivity index is 1.96. The summed E-state index contributed by atoms with van der Waals surface area (Å²) in [4.78, 5) is 30.7. The summed E-state index contributed by atoms with van der Waals surface area (Å²) in [7, 11) is 0. The fourth-order valence-corrected chi connectivity index (χ4v) is 2.31. The highest BCUT2D eigenvalue weighted by atomic mass is 35.5. The normalized spacial score (nSPS) is 14.1. The average molecular weight is 287 g/mol. The zero-order valence-corrected chi connectivity index (χ0v) is 11.3. The SMILES string of the molecule is O=Cc1cc(-c2ccc(C(=O)C3CC3)c(Cl)c2)ncn1. The van der Waals surface area contributed by atoms with Crippen LogP contribution in [0.2, 0.25) is 5.02 Å². The molecule has 0 bridgehead atoms. The molecule has 0 N–H and O–H groups in total. The van der Waals surface area contributed by atoms with Crippen LogP contribution in [0.4, 0.5) is 0 Å². The van der Waals surface area contributed by atoms with Crippen molar-refractivity contribution in [2.24, 2.45) is 5.92 Å². The van der Waals surface area contributed by atoms with Crippen molar-refractivity contribution in [1.29, 1.82) is 0 Å². The standard InChI is InChI=1S/C15H11ClN2O2/c16-13-5-10(14-6-11(7-19)17-8-18-14)3-4-12(13)15(20)9-1-2-9/h3-9H,1-2H2. The van der Waals surface area contributed by atoms with Gasteiger partial charge in [0.1, 0.15) is 12.0 Å². The largest absolute Gasteiger partial charge is 0.296 e. The van der Waals surface area contributed by atoms with E-state index in [9.17, 15) is 9.59 Å². The first kappa shape index (κ1) is 12.9. The predicted octanol–water partition coefficient (Wildman–Crippen LogP) is 3.20. The van der Waals surface area contributed by atoms with Crippen LogP contribution in [-0.4, -0.2) is 22.0 Å². The highest BCUT2D eigenvalue weighted by Crippen LogP contribution is 2.35. The van der Waals surface area contributed by atoms with Gasteiger partial charge in [-0.2, -0.15) is 0 Å². The van der Waals surface area contributed by atoms with Crippen molar-refractivity contribution in [3.8, 4) is 11.3 Å². The van der Waals surface area contributed by atoms with Crippen LogP contribution in [0.15, 0.2) is 30.6 Å². The summed E-state index contributed by atoms with van der Waals surface area (Å²) in [5, 5.41) is 0.422. The molecule has 3 rings (SSSR count). The number of ketones is 1. The molecule has 100 valence electrons. The van der Waals surface area contributed by atoms with E-state index in [-0.39, 0.29) is 11.7 Å². The highest BCUT2D eigenvalue weighted by Gasteiger charge is 2.31. The van der Waals surface area contributed by atoms with Gasteiger partial charge in [-0.3, -0.25) is 9.59 Å². The molecule has 2 aromatic rings. The van der Waals surface area contributed by atoms with Gasteiger partial charge in [0, 0.05) is 17.0 Å². The van der Waals surface area contributed by atoms with Crippen molar-refractivity contribution in [2.75, 3.05) is 0 Å². The summed E-state index contributed by atoms with van der Waals surface area (Å²) >= 11 is 6.19. The lowest BCUT2D eigenvalue weighted by Crippen LogP contribution is -2.02. The molecule has 0 atom stereocenters. The lowest BCUT2D eigenvalue weighted by atomic mass is 10.0. The molecule has 20 heavy (non-hydrogen) atoms. The third-order valence-corrected chi connectivity index (χ3v) is 3.60. The first-order valence-corrected chi connectivity index (χ1v) is 6.68. The van der Waals surface area contributed by atoms with Crippen molar-refractivity contribution >= 4 is 23.7 Å². The molecule has 1 fully saturated rings. The van der Waals surface area contributed by atoms with Crippen LogP contribution in [0.25, 0.3) is 11.3 Å². The van der Waals surface area contributed by atoms with E-state index >= 15 is 0 Å². The first-order chi connectivity index (χ1) is 9.69. The minimum atomic E-state index is 0.109. The van der Waals surface area contributed by atoms with Gasteiger partial charge in [-0.05, 0) is 31.0 Å². The van der Waals surface area contributed by atoms with E-state index in [1.165, 1.54) is 6.33 Å². The van der Waals surface area contributed by atoms with Gasteiger partial charge in [-0.25, -0.2) is 9.97 Å². The Bertz CT molecular complexity index is 696. The molecular formula is C15H11ClN2O2. The fraction of sp³-hybridized carbons (Fsp3) is 0.200. The van der Waals surface area contributed by atoms with Crippen LogP contribution in [0, 0.1) is 5.92 Å². The van der Waals surface area contributed by atoms with Crippen molar-refractivity contribution in [1.82, 2.24) is 9.97 Å². The minimum absolute atomic E-state index is 0.109. The van der Waals surface area contributed by atoms with Crippen molar-refractivity contribution in [3.05, 3.63) is 46.9 Å². The number of rotatable bonds is 4. The van der Waals surface area contributed by atoms with E-state index < -0.39 is 0 Å². The molecule has 5 heteroatoms. The molecule has 0 amide bonds. The van der Waals surface area contributed by atoms with E-state index in [1.54, 1.807) is 24.3 Å². The van der Waals surface area contributed by atoms with Crippen LogP contribution in [0.1, 0.15) is 33.7 Å². The number of halogens is 1. The van der Waals surface area contributed by atoms with Crippen LogP contribution in [0.5, 0.6) is 0 Å². The van der Waals surface area contributed by atoms with E-state index in [0.717, 1.165) is 18.4 Å². The number of aromatic nitrogens is 2. The van der Waals surface area contributed by atoms with Crippen LogP contribution < -0.4 is 0 Å². The second kappa shape index (κ2) is 5.13. The maximum absolute atomic E-state index is 12.0. The van der Waals surface area contributed by atoms with Gasteiger partial charge < -0.3 is 0 Å². The number of aldehydes is 1. The summed E-state index contributed by atoms with van der Waals surface area (Å²) in [6.07, 6.45) is 3.89. The summed E-state index contributed by atoms with van der Waals surface area (Å²) in [6.45, 7) is 0. The van der Waals surface area contributed by atoms with Gasteiger partial charge >= 0.3 is 0 Å². The Morgan fingerprint density at radius 1 is 1.25 bits per heavy atom. The molecule has 1 heterocycles. The second-order valence-corrected chi connectivity index (χ2v) is 5.19. The third-order valence-electron chi connectivity index (χ3n) is 3.29. The zero-order valence-electron chi connectivity index (χ0n) is 10.5. The maximum Gasteiger partial charge on any atom is 0.168 e. The van der Waals surface area contributed by atoms with Crippen LogP contribution in [-0.2, 0) is 0 Å². The van der Waals surface area contributed by atoms with E-state index in [2.05, 4.69) is 9.97 Å². The number of benzene rings is 1.